The van der Waals surface area contributed by atoms with E-state index in [4.69, 9.17) is 22.1 Å². The minimum atomic E-state index is -0.453. The monoisotopic (exact) mass is 437 g/mol. The molecule has 0 atom stereocenters. The summed E-state index contributed by atoms with van der Waals surface area (Å²) in [6.07, 6.45) is 2.63. The predicted octanol–water partition coefficient (Wildman–Crippen LogP) is 3.94. The Labute approximate surface area is 186 Å². The van der Waals surface area contributed by atoms with Crippen LogP contribution in [0.5, 0.6) is 5.75 Å². The third kappa shape index (κ3) is 4.33. The second kappa shape index (κ2) is 8.53. The molecule has 8 heteroatoms. The van der Waals surface area contributed by atoms with E-state index in [1.54, 1.807) is 24.4 Å². The number of hydrogen-bond donors (Lipinski definition) is 2. The molecule has 0 fully saturated rings. The Kier molecular flexibility index (Phi) is 5.80. The van der Waals surface area contributed by atoms with Gasteiger partial charge >= 0.3 is 0 Å². The molecule has 1 amide bonds. The Morgan fingerprint density at radius 2 is 2.10 bits per heavy atom. The van der Waals surface area contributed by atoms with Gasteiger partial charge in [0, 0.05) is 30.4 Å². The van der Waals surface area contributed by atoms with Crippen LogP contribution < -0.4 is 15.8 Å². The van der Waals surface area contributed by atoms with E-state index in [-0.39, 0.29) is 11.5 Å². The highest BCUT2D eigenvalue weighted by atomic mass is 35.5. The summed E-state index contributed by atoms with van der Waals surface area (Å²) < 4.78 is 5.20. The molecule has 1 aliphatic heterocycles. The molecule has 0 saturated carbocycles. The van der Waals surface area contributed by atoms with Crippen molar-refractivity contribution in [3.8, 4) is 17.0 Å². The van der Waals surface area contributed by atoms with Crippen molar-refractivity contribution in [2.45, 2.75) is 19.9 Å². The number of carbonyl (C=O) groups is 1. The second-order valence-corrected chi connectivity index (χ2v) is 8.12. The number of nitrogens with zero attached hydrogens (tertiary/aromatic N) is 3. The van der Waals surface area contributed by atoms with Crippen molar-refractivity contribution in [1.82, 2.24) is 14.9 Å². The standard InChI is InChI=1S/C23H24ClN5O2/c1-13-8-14(9-15-12-29(2)7-6-17(13)15)19-11-26-22(25)21(28-19)23(30)27-16-4-5-18(24)20(10-16)31-3/h4-5,8-11H,6-7,12H2,1-3H3,(H2,25,26)(H,27,30). The molecule has 0 saturated heterocycles. The van der Waals surface area contributed by atoms with Gasteiger partial charge in [0.25, 0.3) is 5.91 Å². The van der Waals surface area contributed by atoms with Crippen LogP contribution in [0.25, 0.3) is 11.3 Å². The number of benzene rings is 2. The molecule has 0 radical (unpaired) electrons. The van der Waals surface area contributed by atoms with Crippen LogP contribution in [0.4, 0.5) is 11.5 Å². The third-order valence-corrected chi connectivity index (χ3v) is 5.78. The summed E-state index contributed by atoms with van der Waals surface area (Å²) in [5, 5.41) is 3.23. The van der Waals surface area contributed by atoms with E-state index in [1.807, 2.05) is 0 Å². The summed E-state index contributed by atoms with van der Waals surface area (Å²) in [5.74, 6) is 0.0732. The maximum Gasteiger partial charge on any atom is 0.278 e. The van der Waals surface area contributed by atoms with E-state index >= 15 is 0 Å². The summed E-state index contributed by atoms with van der Waals surface area (Å²) in [5.41, 5.74) is 12.0. The molecule has 0 unspecified atom stereocenters. The number of methoxy groups -OCH3 is 1. The van der Waals surface area contributed by atoms with Crippen molar-refractivity contribution in [1.29, 1.82) is 0 Å². The number of anilines is 2. The SMILES string of the molecule is COc1cc(NC(=O)c2nc(-c3cc(C)c4c(c3)CN(C)CC4)cnc2N)ccc1Cl. The zero-order valence-electron chi connectivity index (χ0n) is 17.7. The molecule has 0 bridgehead atoms. The first-order valence-electron chi connectivity index (χ1n) is 9.94. The second-order valence-electron chi connectivity index (χ2n) is 7.71. The number of ether oxygens (including phenoxy) is 1. The number of nitrogens with one attached hydrogen (secondary N) is 1. The van der Waals surface area contributed by atoms with Crippen LogP contribution in [-0.4, -0.2) is 41.5 Å². The minimum absolute atomic E-state index is 0.0663. The Bertz CT molecular complexity index is 1160. The smallest absolute Gasteiger partial charge is 0.278 e. The van der Waals surface area contributed by atoms with E-state index in [1.165, 1.54) is 23.8 Å². The van der Waals surface area contributed by atoms with Gasteiger partial charge in [-0.25, -0.2) is 9.97 Å². The van der Waals surface area contributed by atoms with Gasteiger partial charge in [-0.3, -0.25) is 4.79 Å². The maximum absolute atomic E-state index is 12.9. The Morgan fingerprint density at radius 3 is 2.87 bits per heavy atom. The fourth-order valence-electron chi connectivity index (χ4n) is 3.84. The molecule has 4 rings (SSSR count). The highest BCUT2D eigenvalue weighted by Gasteiger charge is 2.19. The van der Waals surface area contributed by atoms with E-state index in [2.05, 4.69) is 46.3 Å². The van der Waals surface area contributed by atoms with Crippen LogP contribution >= 0.6 is 11.6 Å². The normalized spacial score (nSPS) is 13.5. The average molecular weight is 438 g/mol. The van der Waals surface area contributed by atoms with E-state index in [9.17, 15) is 4.79 Å². The summed E-state index contributed by atoms with van der Waals surface area (Å²) >= 11 is 6.05. The van der Waals surface area contributed by atoms with Gasteiger partial charge in [0.15, 0.2) is 11.5 Å². The lowest BCUT2D eigenvalue weighted by Crippen LogP contribution is -2.27. The lowest BCUT2D eigenvalue weighted by molar-refractivity contribution is 0.102. The lowest BCUT2D eigenvalue weighted by Gasteiger charge is -2.27. The van der Waals surface area contributed by atoms with E-state index in [0.717, 1.165) is 25.1 Å². The Balaban J connectivity index is 1.65. The van der Waals surface area contributed by atoms with Crippen molar-refractivity contribution in [2.24, 2.45) is 0 Å². The highest BCUT2D eigenvalue weighted by Crippen LogP contribution is 2.30. The molecule has 2 heterocycles. The van der Waals surface area contributed by atoms with Gasteiger partial charge in [-0.2, -0.15) is 0 Å². The number of halogens is 1. The number of carbonyl (C=O) groups excluding carboxylic acids is 1. The minimum Gasteiger partial charge on any atom is -0.495 e. The number of fused-ring (bicyclic) bond motifs is 1. The topological polar surface area (TPSA) is 93.4 Å². The number of aryl methyl sites for hydroxylation is 1. The molecule has 0 aliphatic carbocycles. The lowest BCUT2D eigenvalue weighted by atomic mass is 9.92. The van der Waals surface area contributed by atoms with Crippen LogP contribution in [-0.2, 0) is 13.0 Å². The molecule has 2 aromatic carbocycles. The summed E-state index contributed by atoms with van der Waals surface area (Å²) in [6, 6.07) is 9.19. The van der Waals surface area contributed by atoms with Gasteiger partial charge in [0.1, 0.15) is 5.75 Å². The molecular weight excluding hydrogens is 414 g/mol. The molecule has 31 heavy (non-hydrogen) atoms. The number of likely N-dealkylation sites (N-methyl/N-ethyl adjacent to an activating group) is 1. The molecule has 3 aromatic rings. The molecule has 7 nitrogen and oxygen atoms in total. The number of amides is 1. The van der Waals surface area contributed by atoms with E-state index < -0.39 is 5.91 Å². The molecular formula is C23H24ClN5O2. The van der Waals surface area contributed by atoms with Crippen molar-refractivity contribution in [2.75, 3.05) is 31.8 Å². The van der Waals surface area contributed by atoms with E-state index in [0.29, 0.717) is 22.2 Å². The highest BCUT2D eigenvalue weighted by molar-refractivity contribution is 6.32. The van der Waals surface area contributed by atoms with Crippen molar-refractivity contribution in [3.05, 3.63) is 63.9 Å². The average Bonchev–Trinajstić information content (AvgIpc) is 2.74. The fourth-order valence-corrected chi connectivity index (χ4v) is 4.04. The predicted molar refractivity (Wildman–Crippen MR) is 123 cm³/mol. The van der Waals surface area contributed by atoms with Gasteiger partial charge < -0.3 is 20.7 Å². The number of rotatable bonds is 4. The molecule has 0 spiro atoms. The van der Waals surface area contributed by atoms with Crippen molar-refractivity contribution >= 4 is 29.0 Å². The summed E-state index contributed by atoms with van der Waals surface area (Å²) in [6.45, 7) is 4.05. The van der Waals surface area contributed by atoms with Crippen LogP contribution in [0.15, 0.2) is 36.5 Å². The molecule has 160 valence electrons. The zero-order valence-corrected chi connectivity index (χ0v) is 18.5. The number of nitrogen functional groups attached to an aromatic ring is 1. The fraction of sp³-hybridized carbons (Fsp3) is 0.261. The number of hydrogen-bond acceptors (Lipinski definition) is 6. The number of aromatic nitrogens is 2. The van der Waals surface area contributed by atoms with Crippen LogP contribution in [0.1, 0.15) is 27.2 Å². The Morgan fingerprint density at radius 1 is 1.29 bits per heavy atom. The largest absolute Gasteiger partial charge is 0.495 e. The van der Waals surface area contributed by atoms with Crippen molar-refractivity contribution in [3.63, 3.8) is 0 Å². The van der Waals surface area contributed by atoms with Crippen LogP contribution in [0, 0.1) is 6.92 Å². The maximum atomic E-state index is 12.9. The van der Waals surface area contributed by atoms with Crippen LogP contribution in [0.3, 0.4) is 0 Å². The molecule has 1 aromatic heterocycles. The first kappa shape index (κ1) is 21.1. The number of nitrogens with two attached hydrogens (primary N) is 1. The third-order valence-electron chi connectivity index (χ3n) is 5.47. The van der Waals surface area contributed by atoms with Gasteiger partial charge in [-0.15, -0.1) is 0 Å². The summed E-state index contributed by atoms with van der Waals surface area (Å²) in [4.78, 5) is 23.9. The molecule has 1 aliphatic rings. The first-order valence-corrected chi connectivity index (χ1v) is 10.3. The zero-order chi connectivity index (χ0) is 22.1. The quantitative estimate of drug-likeness (QED) is 0.642. The van der Waals surface area contributed by atoms with Gasteiger partial charge in [-0.05, 0) is 61.3 Å². The van der Waals surface area contributed by atoms with Crippen LogP contribution in [0.2, 0.25) is 5.02 Å². The summed E-state index contributed by atoms with van der Waals surface area (Å²) in [7, 11) is 3.63. The van der Waals surface area contributed by atoms with Gasteiger partial charge in [0.2, 0.25) is 0 Å². The molecule has 3 N–H and O–H groups in total. The Hall–Kier alpha value is -3.16. The van der Waals surface area contributed by atoms with Crippen molar-refractivity contribution < 1.29 is 9.53 Å². The first-order chi connectivity index (χ1) is 14.9. The van der Waals surface area contributed by atoms with Gasteiger partial charge in [0.05, 0.1) is 24.0 Å². The van der Waals surface area contributed by atoms with Gasteiger partial charge in [-0.1, -0.05) is 11.6 Å².